The van der Waals surface area contributed by atoms with Crippen LogP contribution in [0.1, 0.15) is 57.2 Å². The topological polar surface area (TPSA) is 29.9 Å². The van der Waals surface area contributed by atoms with E-state index >= 15 is 0 Å². The molecule has 0 radical (unpaired) electrons. The molecule has 94 valence electrons. The molecule has 0 aromatic carbocycles. The first kappa shape index (κ1) is 11.3. The molecule has 1 aromatic rings. The van der Waals surface area contributed by atoms with Crippen molar-refractivity contribution in [2.45, 2.75) is 51.6 Å². The molecular weight excluding hydrogens is 210 g/mol. The van der Waals surface area contributed by atoms with Crippen molar-refractivity contribution in [3.63, 3.8) is 0 Å². The van der Waals surface area contributed by atoms with Gasteiger partial charge in [0.25, 0.3) is 0 Å². The highest BCUT2D eigenvalue weighted by Crippen LogP contribution is 2.50. The van der Waals surface area contributed by atoms with Crippen molar-refractivity contribution in [1.82, 2.24) is 15.1 Å². The normalized spacial score (nSPS) is 33.2. The van der Waals surface area contributed by atoms with Crippen LogP contribution in [0.15, 0.2) is 12.4 Å². The van der Waals surface area contributed by atoms with E-state index in [1.165, 1.54) is 31.2 Å². The first-order valence-corrected chi connectivity index (χ1v) is 7.05. The lowest BCUT2D eigenvalue weighted by atomic mass is 9.95. The van der Waals surface area contributed by atoms with Gasteiger partial charge in [-0.3, -0.25) is 4.68 Å². The van der Waals surface area contributed by atoms with Gasteiger partial charge in [0, 0.05) is 17.8 Å². The van der Waals surface area contributed by atoms with Crippen molar-refractivity contribution in [3.05, 3.63) is 18.0 Å². The molecule has 4 unspecified atom stereocenters. The number of hydrogen-bond acceptors (Lipinski definition) is 2. The summed E-state index contributed by atoms with van der Waals surface area (Å²) in [6.45, 7) is 5.38. The second-order valence-corrected chi connectivity index (χ2v) is 5.78. The standard InChI is InChI=1S/C14H23N3/c1-3-15-10(2)13-8-16-17(9-13)14-7-11-4-5-12(14)6-11/h8-12,14-15H,3-7H2,1-2H3. The molecule has 17 heavy (non-hydrogen) atoms. The van der Waals surface area contributed by atoms with Crippen molar-refractivity contribution in [3.8, 4) is 0 Å². The third kappa shape index (κ3) is 2.01. The Morgan fingerprint density at radius 1 is 1.47 bits per heavy atom. The molecule has 0 aliphatic heterocycles. The van der Waals surface area contributed by atoms with Crippen LogP contribution in [0, 0.1) is 11.8 Å². The van der Waals surface area contributed by atoms with Crippen LogP contribution in [0.5, 0.6) is 0 Å². The highest BCUT2D eigenvalue weighted by Gasteiger charge is 2.40. The molecule has 3 nitrogen and oxygen atoms in total. The Bertz CT molecular complexity index is 385. The Morgan fingerprint density at radius 3 is 3.00 bits per heavy atom. The zero-order chi connectivity index (χ0) is 11.8. The molecule has 4 atom stereocenters. The Morgan fingerprint density at radius 2 is 2.35 bits per heavy atom. The van der Waals surface area contributed by atoms with E-state index in [1.54, 1.807) is 0 Å². The zero-order valence-electron chi connectivity index (χ0n) is 10.9. The molecule has 2 bridgehead atoms. The molecule has 0 saturated heterocycles. The predicted octanol–water partition coefficient (Wildman–Crippen LogP) is 2.91. The van der Waals surface area contributed by atoms with Crippen LogP contribution in [-0.2, 0) is 0 Å². The number of nitrogens with zero attached hydrogens (tertiary/aromatic N) is 2. The first-order valence-electron chi connectivity index (χ1n) is 7.05. The van der Waals surface area contributed by atoms with Gasteiger partial charge in [0.2, 0.25) is 0 Å². The summed E-state index contributed by atoms with van der Waals surface area (Å²) in [6.07, 6.45) is 10.00. The SMILES string of the molecule is CCNC(C)c1cnn(C2CC3CCC2C3)c1. The zero-order valence-corrected chi connectivity index (χ0v) is 10.9. The molecule has 0 spiro atoms. The Hall–Kier alpha value is -0.830. The predicted molar refractivity (Wildman–Crippen MR) is 68.8 cm³/mol. The van der Waals surface area contributed by atoms with E-state index in [-0.39, 0.29) is 0 Å². The van der Waals surface area contributed by atoms with Crippen LogP contribution in [0.3, 0.4) is 0 Å². The van der Waals surface area contributed by atoms with Gasteiger partial charge in [-0.15, -0.1) is 0 Å². The van der Waals surface area contributed by atoms with Gasteiger partial charge < -0.3 is 5.32 Å². The van der Waals surface area contributed by atoms with Crippen LogP contribution >= 0.6 is 0 Å². The second kappa shape index (κ2) is 4.45. The molecule has 1 N–H and O–H groups in total. The number of aromatic nitrogens is 2. The molecule has 2 saturated carbocycles. The highest BCUT2D eigenvalue weighted by molar-refractivity contribution is 5.10. The third-order valence-corrected chi connectivity index (χ3v) is 4.67. The fourth-order valence-corrected chi connectivity index (χ4v) is 3.72. The van der Waals surface area contributed by atoms with E-state index in [0.717, 1.165) is 18.4 Å². The average molecular weight is 233 g/mol. The summed E-state index contributed by atoms with van der Waals surface area (Å²) < 4.78 is 2.24. The van der Waals surface area contributed by atoms with E-state index in [2.05, 4.69) is 35.1 Å². The summed E-state index contributed by atoms with van der Waals surface area (Å²) in [6, 6.07) is 1.11. The Kier molecular flexibility index (Phi) is 2.95. The Balaban J connectivity index is 1.72. The van der Waals surface area contributed by atoms with E-state index in [9.17, 15) is 0 Å². The summed E-state index contributed by atoms with van der Waals surface area (Å²) in [7, 11) is 0. The van der Waals surface area contributed by atoms with E-state index in [4.69, 9.17) is 0 Å². The van der Waals surface area contributed by atoms with Crippen LogP contribution in [-0.4, -0.2) is 16.3 Å². The fraction of sp³-hybridized carbons (Fsp3) is 0.786. The molecule has 0 amide bonds. The van der Waals surface area contributed by atoms with Gasteiger partial charge >= 0.3 is 0 Å². The molecule has 2 aliphatic rings. The maximum absolute atomic E-state index is 4.60. The van der Waals surface area contributed by atoms with Crippen molar-refractivity contribution in [2.75, 3.05) is 6.54 Å². The third-order valence-electron chi connectivity index (χ3n) is 4.67. The van der Waals surface area contributed by atoms with Gasteiger partial charge in [-0.1, -0.05) is 13.3 Å². The molecule has 3 heteroatoms. The minimum absolute atomic E-state index is 0.423. The van der Waals surface area contributed by atoms with E-state index in [1.807, 2.05) is 6.20 Å². The maximum Gasteiger partial charge on any atom is 0.0550 e. The number of fused-ring (bicyclic) bond motifs is 2. The number of nitrogens with one attached hydrogen (secondary N) is 1. The summed E-state index contributed by atoms with van der Waals surface area (Å²) >= 11 is 0. The lowest BCUT2D eigenvalue weighted by Crippen LogP contribution is -2.18. The van der Waals surface area contributed by atoms with Crippen LogP contribution in [0.4, 0.5) is 0 Å². The van der Waals surface area contributed by atoms with Gasteiger partial charge in [0.05, 0.1) is 12.2 Å². The van der Waals surface area contributed by atoms with Gasteiger partial charge in [0.15, 0.2) is 0 Å². The van der Waals surface area contributed by atoms with Gasteiger partial charge in [-0.05, 0) is 44.6 Å². The Labute approximate surface area is 104 Å². The lowest BCUT2D eigenvalue weighted by molar-refractivity contribution is 0.306. The summed E-state index contributed by atoms with van der Waals surface area (Å²) in [4.78, 5) is 0. The minimum atomic E-state index is 0.423. The monoisotopic (exact) mass is 233 g/mol. The molecular formula is C14H23N3. The van der Waals surface area contributed by atoms with E-state index < -0.39 is 0 Å². The summed E-state index contributed by atoms with van der Waals surface area (Å²) in [5, 5.41) is 8.04. The van der Waals surface area contributed by atoms with Gasteiger partial charge in [0.1, 0.15) is 0 Å². The summed E-state index contributed by atoms with van der Waals surface area (Å²) in [5.74, 6) is 1.89. The van der Waals surface area contributed by atoms with Crippen molar-refractivity contribution in [1.29, 1.82) is 0 Å². The van der Waals surface area contributed by atoms with Gasteiger partial charge in [-0.2, -0.15) is 5.10 Å². The largest absolute Gasteiger partial charge is 0.310 e. The minimum Gasteiger partial charge on any atom is -0.310 e. The lowest BCUT2D eigenvalue weighted by Gasteiger charge is -2.22. The van der Waals surface area contributed by atoms with E-state index in [0.29, 0.717) is 12.1 Å². The quantitative estimate of drug-likeness (QED) is 0.866. The maximum atomic E-state index is 4.60. The molecule has 1 aromatic heterocycles. The van der Waals surface area contributed by atoms with Crippen molar-refractivity contribution < 1.29 is 0 Å². The van der Waals surface area contributed by atoms with Crippen LogP contribution in [0.25, 0.3) is 0 Å². The second-order valence-electron chi connectivity index (χ2n) is 5.78. The average Bonchev–Trinajstić information content (AvgIpc) is 3.05. The highest BCUT2D eigenvalue weighted by atomic mass is 15.3. The molecule has 1 heterocycles. The molecule has 2 aliphatic carbocycles. The number of hydrogen-bond donors (Lipinski definition) is 1. The van der Waals surface area contributed by atoms with Crippen molar-refractivity contribution in [2.24, 2.45) is 11.8 Å². The summed E-state index contributed by atoms with van der Waals surface area (Å²) in [5.41, 5.74) is 1.33. The molecule has 3 rings (SSSR count). The molecule has 2 fully saturated rings. The first-order chi connectivity index (χ1) is 8.28. The van der Waals surface area contributed by atoms with Crippen LogP contribution in [0.2, 0.25) is 0 Å². The fourth-order valence-electron chi connectivity index (χ4n) is 3.72. The smallest absolute Gasteiger partial charge is 0.0550 e. The van der Waals surface area contributed by atoms with Crippen LogP contribution < -0.4 is 5.32 Å². The van der Waals surface area contributed by atoms with Gasteiger partial charge in [-0.25, -0.2) is 0 Å². The number of rotatable bonds is 4. The van der Waals surface area contributed by atoms with Crippen molar-refractivity contribution >= 4 is 0 Å².